The number of benzene rings is 2. The molecule has 0 radical (unpaired) electrons. The summed E-state index contributed by atoms with van der Waals surface area (Å²) in [4.78, 5) is 16.3. The first-order valence-electron chi connectivity index (χ1n) is 9.33. The van der Waals surface area contributed by atoms with E-state index in [9.17, 15) is 4.79 Å². The predicted octanol–water partition coefficient (Wildman–Crippen LogP) is 5.29. The number of carbonyl (C=O) groups excluding carboxylic acids is 1. The normalized spacial score (nSPS) is 10.5. The summed E-state index contributed by atoms with van der Waals surface area (Å²) in [6, 6.07) is 16.9. The molecule has 6 heteroatoms. The number of methoxy groups -OCH3 is 1. The standard InChI is InChI=1S/C23H24N2O4/c1-16(2)29-21-13-18(19-11-12-24-14-22(19)27-3)9-10-20(21)25-23(26)28-15-17-7-5-4-6-8-17/h4-14,16H,15H2,1-3H3,(H,25,26). The molecule has 0 bridgehead atoms. The molecule has 0 saturated carbocycles. The van der Waals surface area contributed by atoms with E-state index in [1.54, 1.807) is 25.6 Å². The summed E-state index contributed by atoms with van der Waals surface area (Å²) in [7, 11) is 1.60. The van der Waals surface area contributed by atoms with Crippen LogP contribution >= 0.6 is 0 Å². The molecule has 3 aromatic rings. The largest absolute Gasteiger partial charge is 0.494 e. The van der Waals surface area contributed by atoms with Gasteiger partial charge in [-0.3, -0.25) is 10.3 Å². The van der Waals surface area contributed by atoms with E-state index in [0.29, 0.717) is 17.2 Å². The van der Waals surface area contributed by atoms with Gasteiger partial charge in [0.1, 0.15) is 18.1 Å². The Morgan fingerprint density at radius 2 is 1.86 bits per heavy atom. The Labute approximate surface area is 170 Å². The fourth-order valence-electron chi connectivity index (χ4n) is 2.79. The van der Waals surface area contributed by atoms with E-state index < -0.39 is 6.09 Å². The van der Waals surface area contributed by atoms with E-state index in [4.69, 9.17) is 14.2 Å². The number of hydrogen-bond acceptors (Lipinski definition) is 5. The second kappa shape index (κ2) is 9.59. The number of amides is 1. The molecule has 0 spiro atoms. The lowest BCUT2D eigenvalue weighted by atomic mass is 10.1. The summed E-state index contributed by atoms with van der Waals surface area (Å²) in [5.74, 6) is 1.21. The molecule has 150 valence electrons. The summed E-state index contributed by atoms with van der Waals surface area (Å²) >= 11 is 0. The van der Waals surface area contributed by atoms with Gasteiger partial charge in [0.05, 0.1) is 25.1 Å². The van der Waals surface area contributed by atoms with Crippen molar-refractivity contribution in [3.63, 3.8) is 0 Å². The zero-order chi connectivity index (χ0) is 20.6. The smallest absolute Gasteiger partial charge is 0.412 e. The molecule has 1 aromatic heterocycles. The molecule has 0 saturated heterocycles. The number of anilines is 1. The van der Waals surface area contributed by atoms with Crippen LogP contribution in [0, 0.1) is 0 Å². The topological polar surface area (TPSA) is 69.7 Å². The van der Waals surface area contributed by atoms with E-state index in [2.05, 4.69) is 10.3 Å². The molecule has 1 amide bonds. The molecule has 1 heterocycles. The third-order valence-corrected chi connectivity index (χ3v) is 4.11. The van der Waals surface area contributed by atoms with Crippen molar-refractivity contribution in [2.75, 3.05) is 12.4 Å². The van der Waals surface area contributed by atoms with E-state index in [0.717, 1.165) is 16.7 Å². The first-order chi connectivity index (χ1) is 14.1. The van der Waals surface area contributed by atoms with E-state index in [-0.39, 0.29) is 12.7 Å². The minimum absolute atomic E-state index is 0.0644. The van der Waals surface area contributed by atoms with Crippen molar-refractivity contribution in [1.29, 1.82) is 0 Å². The van der Waals surface area contributed by atoms with Crippen LogP contribution in [0.2, 0.25) is 0 Å². The van der Waals surface area contributed by atoms with Crippen molar-refractivity contribution < 1.29 is 19.0 Å². The third-order valence-electron chi connectivity index (χ3n) is 4.11. The van der Waals surface area contributed by atoms with Crippen molar-refractivity contribution in [3.05, 3.63) is 72.6 Å². The van der Waals surface area contributed by atoms with Crippen molar-refractivity contribution in [2.24, 2.45) is 0 Å². The highest BCUT2D eigenvalue weighted by Crippen LogP contribution is 2.35. The number of rotatable bonds is 7. The van der Waals surface area contributed by atoms with Crippen LogP contribution < -0.4 is 14.8 Å². The van der Waals surface area contributed by atoms with Gasteiger partial charge in [0.2, 0.25) is 0 Å². The fourth-order valence-corrected chi connectivity index (χ4v) is 2.79. The maximum Gasteiger partial charge on any atom is 0.412 e. The first kappa shape index (κ1) is 20.2. The van der Waals surface area contributed by atoms with Gasteiger partial charge in [0.15, 0.2) is 0 Å². The summed E-state index contributed by atoms with van der Waals surface area (Å²) in [5.41, 5.74) is 3.23. The van der Waals surface area contributed by atoms with Gasteiger partial charge < -0.3 is 14.2 Å². The molecule has 29 heavy (non-hydrogen) atoms. The van der Waals surface area contributed by atoms with Gasteiger partial charge in [0, 0.05) is 11.8 Å². The number of pyridine rings is 1. The number of nitrogens with one attached hydrogen (secondary N) is 1. The van der Waals surface area contributed by atoms with Crippen LogP contribution in [0.1, 0.15) is 19.4 Å². The van der Waals surface area contributed by atoms with Crippen molar-refractivity contribution in [3.8, 4) is 22.6 Å². The van der Waals surface area contributed by atoms with Gasteiger partial charge >= 0.3 is 6.09 Å². The zero-order valence-corrected chi connectivity index (χ0v) is 16.7. The van der Waals surface area contributed by atoms with Gasteiger partial charge in [0.25, 0.3) is 0 Å². The minimum Gasteiger partial charge on any atom is -0.494 e. The maximum atomic E-state index is 12.3. The van der Waals surface area contributed by atoms with Crippen LogP contribution in [-0.2, 0) is 11.3 Å². The third kappa shape index (κ3) is 5.48. The van der Waals surface area contributed by atoms with Crippen molar-refractivity contribution in [2.45, 2.75) is 26.6 Å². The van der Waals surface area contributed by atoms with Gasteiger partial charge in [-0.2, -0.15) is 0 Å². The monoisotopic (exact) mass is 392 g/mol. The molecule has 0 fully saturated rings. The molecule has 3 rings (SSSR count). The van der Waals surface area contributed by atoms with E-state index in [1.807, 2.05) is 62.4 Å². The Morgan fingerprint density at radius 1 is 1.07 bits per heavy atom. The Balaban J connectivity index is 1.79. The van der Waals surface area contributed by atoms with E-state index in [1.165, 1.54) is 0 Å². The molecule has 0 aliphatic carbocycles. The quantitative estimate of drug-likeness (QED) is 0.591. The SMILES string of the molecule is COc1cnccc1-c1ccc(NC(=O)OCc2ccccc2)c(OC(C)C)c1. The highest BCUT2D eigenvalue weighted by Gasteiger charge is 2.14. The predicted molar refractivity (Wildman–Crippen MR) is 112 cm³/mol. The Morgan fingerprint density at radius 3 is 2.59 bits per heavy atom. The Kier molecular flexibility index (Phi) is 6.68. The molecule has 0 unspecified atom stereocenters. The maximum absolute atomic E-state index is 12.3. The summed E-state index contributed by atoms with van der Waals surface area (Å²) in [6.07, 6.45) is 2.75. The first-order valence-corrected chi connectivity index (χ1v) is 9.33. The van der Waals surface area contributed by atoms with Crippen LogP contribution in [0.15, 0.2) is 67.0 Å². The minimum atomic E-state index is -0.545. The number of carbonyl (C=O) groups is 1. The van der Waals surface area contributed by atoms with Crippen LogP contribution in [0.25, 0.3) is 11.1 Å². The van der Waals surface area contributed by atoms with Gasteiger partial charge in [-0.1, -0.05) is 36.4 Å². The van der Waals surface area contributed by atoms with Gasteiger partial charge in [-0.15, -0.1) is 0 Å². The lowest BCUT2D eigenvalue weighted by Gasteiger charge is -2.17. The number of aromatic nitrogens is 1. The number of hydrogen-bond donors (Lipinski definition) is 1. The Hall–Kier alpha value is -3.54. The molecule has 1 N–H and O–H groups in total. The number of nitrogens with zero attached hydrogens (tertiary/aromatic N) is 1. The summed E-state index contributed by atoms with van der Waals surface area (Å²) in [6.45, 7) is 4.05. The molecule has 6 nitrogen and oxygen atoms in total. The fraction of sp³-hybridized carbons (Fsp3) is 0.217. The highest BCUT2D eigenvalue weighted by atomic mass is 16.5. The van der Waals surface area contributed by atoms with E-state index >= 15 is 0 Å². The molecular weight excluding hydrogens is 368 g/mol. The summed E-state index contributed by atoms with van der Waals surface area (Å²) < 4.78 is 16.6. The van der Waals surface area contributed by atoms with Crippen LogP contribution in [0.3, 0.4) is 0 Å². The average molecular weight is 392 g/mol. The van der Waals surface area contributed by atoms with Crippen LogP contribution in [0.4, 0.5) is 10.5 Å². The van der Waals surface area contributed by atoms with Crippen molar-refractivity contribution in [1.82, 2.24) is 4.98 Å². The molecule has 0 aliphatic rings. The van der Waals surface area contributed by atoms with Crippen LogP contribution in [-0.4, -0.2) is 24.3 Å². The van der Waals surface area contributed by atoms with Gasteiger partial charge in [-0.05, 0) is 43.2 Å². The molecule has 2 aromatic carbocycles. The van der Waals surface area contributed by atoms with Crippen molar-refractivity contribution >= 4 is 11.8 Å². The highest BCUT2D eigenvalue weighted by molar-refractivity contribution is 5.88. The summed E-state index contributed by atoms with van der Waals surface area (Å²) in [5, 5.41) is 2.76. The second-order valence-corrected chi connectivity index (χ2v) is 6.64. The lowest BCUT2D eigenvalue weighted by Crippen LogP contribution is -2.15. The molecular formula is C23H24N2O4. The van der Waals surface area contributed by atoms with Crippen LogP contribution in [0.5, 0.6) is 11.5 Å². The molecule has 0 aliphatic heterocycles. The number of ether oxygens (including phenoxy) is 3. The Bertz CT molecular complexity index is 958. The lowest BCUT2D eigenvalue weighted by molar-refractivity contribution is 0.155. The average Bonchev–Trinajstić information content (AvgIpc) is 2.74. The second-order valence-electron chi connectivity index (χ2n) is 6.64. The van der Waals surface area contributed by atoms with Gasteiger partial charge in [-0.25, -0.2) is 4.79 Å². The zero-order valence-electron chi connectivity index (χ0n) is 16.7. The molecule has 0 atom stereocenters.